The summed E-state index contributed by atoms with van der Waals surface area (Å²) < 4.78 is 23.8. The molecule has 0 N–H and O–H groups in total. The number of esters is 2. The van der Waals surface area contributed by atoms with Crippen molar-refractivity contribution in [1.29, 1.82) is 0 Å². The molecule has 6 aromatic carbocycles. The molecule has 6 heteroatoms. The number of fused-ring (bicyclic) bond motifs is 5. The van der Waals surface area contributed by atoms with Gasteiger partial charge in [-0.1, -0.05) is 122 Å². The molecule has 0 aliphatic heterocycles. The molecule has 0 fully saturated rings. The third-order valence-corrected chi connectivity index (χ3v) is 9.78. The molecule has 6 nitrogen and oxygen atoms in total. The van der Waals surface area contributed by atoms with E-state index in [1.807, 2.05) is 38.1 Å². The first-order valence-corrected chi connectivity index (χ1v) is 17.8. The van der Waals surface area contributed by atoms with Crippen molar-refractivity contribution in [2.45, 2.75) is 45.3 Å². The van der Waals surface area contributed by atoms with E-state index >= 15 is 0 Å². The number of hydrogen-bond donors (Lipinski definition) is 0. The molecule has 1 aliphatic rings. The molecule has 7 rings (SSSR count). The molecular formula is C47H42O6. The second kappa shape index (κ2) is 14.5. The van der Waals surface area contributed by atoms with Crippen LogP contribution in [0.5, 0.6) is 11.5 Å². The zero-order valence-corrected chi connectivity index (χ0v) is 30.5. The van der Waals surface area contributed by atoms with Crippen molar-refractivity contribution in [2.75, 3.05) is 13.2 Å². The van der Waals surface area contributed by atoms with Gasteiger partial charge in [-0.15, -0.1) is 0 Å². The van der Waals surface area contributed by atoms with E-state index < -0.39 is 29.6 Å². The lowest BCUT2D eigenvalue weighted by Crippen LogP contribution is -2.29. The monoisotopic (exact) mass is 702 g/mol. The van der Waals surface area contributed by atoms with Crippen LogP contribution in [0.25, 0.3) is 32.7 Å². The predicted molar refractivity (Wildman–Crippen MR) is 210 cm³/mol. The topological polar surface area (TPSA) is 71.1 Å². The van der Waals surface area contributed by atoms with Gasteiger partial charge in [0.15, 0.2) is 0 Å². The fourth-order valence-corrected chi connectivity index (χ4v) is 7.48. The lowest BCUT2D eigenvalue weighted by Gasteiger charge is -2.36. The van der Waals surface area contributed by atoms with E-state index in [1.165, 1.54) is 22.3 Å². The van der Waals surface area contributed by atoms with E-state index in [0.717, 1.165) is 32.7 Å². The Balaban J connectivity index is 1.41. The third kappa shape index (κ3) is 6.35. The molecule has 0 amide bonds. The van der Waals surface area contributed by atoms with E-state index in [2.05, 4.69) is 110 Å². The molecule has 0 radical (unpaired) electrons. The first kappa shape index (κ1) is 35.3. The smallest absolute Gasteiger partial charge is 0.333 e. The van der Waals surface area contributed by atoms with Crippen molar-refractivity contribution in [1.82, 2.24) is 0 Å². The van der Waals surface area contributed by atoms with Crippen molar-refractivity contribution in [3.63, 3.8) is 0 Å². The van der Waals surface area contributed by atoms with Gasteiger partial charge in [0, 0.05) is 21.9 Å². The van der Waals surface area contributed by atoms with Crippen molar-refractivity contribution < 1.29 is 28.5 Å². The maximum absolute atomic E-state index is 12.2. The van der Waals surface area contributed by atoms with Crippen molar-refractivity contribution in [3.8, 4) is 22.6 Å². The Kier molecular flexibility index (Phi) is 9.63. The third-order valence-electron chi connectivity index (χ3n) is 9.78. The van der Waals surface area contributed by atoms with E-state index in [4.69, 9.17) is 18.9 Å². The minimum Gasteiger partial charge on any atom is -0.489 e. The molecule has 0 saturated heterocycles. The van der Waals surface area contributed by atoms with Crippen molar-refractivity contribution in [2.24, 2.45) is 0 Å². The Morgan fingerprint density at radius 3 is 1.28 bits per heavy atom. The summed E-state index contributed by atoms with van der Waals surface area (Å²) in [6.45, 7) is 14.7. The summed E-state index contributed by atoms with van der Waals surface area (Å²) in [4.78, 5) is 24.4. The minimum atomic E-state index is -0.724. The van der Waals surface area contributed by atoms with Crippen LogP contribution in [0.4, 0.5) is 0 Å². The highest BCUT2D eigenvalue weighted by Crippen LogP contribution is 2.58. The first-order valence-electron chi connectivity index (χ1n) is 17.8. The molecule has 0 heterocycles. The van der Waals surface area contributed by atoms with Gasteiger partial charge in [0.1, 0.15) is 36.9 Å². The normalized spacial score (nSPS) is 13.7. The number of ether oxygens (including phenoxy) is 4. The molecule has 6 aromatic rings. The Bertz CT molecular complexity index is 2240. The van der Waals surface area contributed by atoms with Gasteiger partial charge in [-0.3, -0.25) is 0 Å². The molecule has 0 aromatic heterocycles. The van der Waals surface area contributed by atoms with Crippen LogP contribution >= 0.6 is 0 Å². The lowest BCUT2D eigenvalue weighted by molar-refractivity contribution is -0.145. The maximum atomic E-state index is 12.2. The maximum Gasteiger partial charge on any atom is 0.333 e. The van der Waals surface area contributed by atoms with Crippen LogP contribution in [-0.4, -0.2) is 37.4 Å². The summed E-state index contributed by atoms with van der Waals surface area (Å²) in [5, 5.41) is 3.99. The van der Waals surface area contributed by atoms with E-state index in [9.17, 15) is 9.59 Å². The van der Waals surface area contributed by atoms with Crippen LogP contribution in [0.3, 0.4) is 0 Å². The Morgan fingerprint density at radius 1 is 0.509 bits per heavy atom. The van der Waals surface area contributed by atoms with Crippen LogP contribution in [0, 0.1) is 0 Å². The number of hydrogen-bond acceptors (Lipinski definition) is 6. The number of carbonyl (C=O) groups excluding carboxylic acids is 2. The molecule has 0 spiro atoms. The van der Waals surface area contributed by atoms with Crippen LogP contribution in [-0.2, 0) is 24.5 Å². The van der Waals surface area contributed by atoms with Crippen LogP contribution < -0.4 is 9.47 Å². The standard InChI is InChI=1S/C47H42O6/c1-29(2)45(48)52-31(5)27-50-43-25-13-17-35-37(43)19-11-23-41(35)47(39-21-9-7-15-33(39)34-16-8-10-22-40(34)47)42-24-12-20-38-36(42)18-14-26-44(38)51-28-32(6)53-46(49)30(3)4/h7-26,31-32H,1,3,27-28H2,2,4-6H3. The summed E-state index contributed by atoms with van der Waals surface area (Å²) in [5.74, 6) is 0.525. The molecule has 2 atom stereocenters. The van der Waals surface area contributed by atoms with Gasteiger partial charge >= 0.3 is 11.9 Å². The summed E-state index contributed by atoms with van der Waals surface area (Å²) in [6.07, 6.45) is -0.934. The SMILES string of the molecule is C=C(C)C(=O)OC(C)COc1cccc2c(C3(c4cccc5c(OCC(C)OC(=O)C(=C)C)cccc45)c4ccccc4-c4ccccc43)cccc12. The lowest BCUT2D eigenvalue weighted by atomic mass is 9.65. The zero-order chi connectivity index (χ0) is 37.3. The molecule has 0 saturated carbocycles. The average Bonchev–Trinajstić information content (AvgIpc) is 3.46. The number of rotatable bonds is 12. The molecule has 53 heavy (non-hydrogen) atoms. The van der Waals surface area contributed by atoms with Gasteiger partial charge in [-0.05, 0) is 84.0 Å². The molecular weight excluding hydrogens is 661 g/mol. The summed E-state index contributed by atoms with van der Waals surface area (Å²) in [6, 6.07) is 42.3. The minimum absolute atomic E-state index is 0.191. The second-order valence-electron chi connectivity index (χ2n) is 13.8. The Hall–Kier alpha value is -6.14. The summed E-state index contributed by atoms with van der Waals surface area (Å²) in [5.41, 5.74) is 6.91. The zero-order valence-electron chi connectivity index (χ0n) is 30.5. The van der Waals surface area contributed by atoms with Gasteiger partial charge in [-0.2, -0.15) is 0 Å². The fraction of sp³-hybridized carbons (Fsp3) is 0.191. The van der Waals surface area contributed by atoms with Gasteiger partial charge in [0.2, 0.25) is 0 Å². The fourth-order valence-electron chi connectivity index (χ4n) is 7.48. The quantitative estimate of drug-likeness (QED) is 0.0933. The van der Waals surface area contributed by atoms with E-state index in [0.29, 0.717) is 22.6 Å². The van der Waals surface area contributed by atoms with Gasteiger partial charge in [0.25, 0.3) is 0 Å². The number of benzene rings is 6. The Morgan fingerprint density at radius 2 is 0.868 bits per heavy atom. The highest BCUT2D eigenvalue weighted by molar-refractivity contribution is 6.01. The highest BCUT2D eigenvalue weighted by Gasteiger charge is 2.47. The summed E-state index contributed by atoms with van der Waals surface area (Å²) in [7, 11) is 0. The second-order valence-corrected chi connectivity index (χ2v) is 13.8. The van der Waals surface area contributed by atoms with Gasteiger partial charge < -0.3 is 18.9 Å². The largest absolute Gasteiger partial charge is 0.489 e. The van der Waals surface area contributed by atoms with Crippen LogP contribution in [0.2, 0.25) is 0 Å². The predicted octanol–water partition coefficient (Wildman–Crippen LogP) is 10.1. The molecule has 2 unspecified atom stereocenters. The molecule has 1 aliphatic carbocycles. The Labute approximate surface area is 310 Å². The molecule has 0 bridgehead atoms. The highest BCUT2D eigenvalue weighted by atomic mass is 16.6. The number of carbonyl (C=O) groups is 2. The first-order chi connectivity index (χ1) is 25.6. The summed E-state index contributed by atoms with van der Waals surface area (Å²) >= 11 is 0. The van der Waals surface area contributed by atoms with E-state index in [1.54, 1.807) is 13.8 Å². The van der Waals surface area contributed by atoms with Gasteiger partial charge in [-0.25, -0.2) is 9.59 Å². The average molecular weight is 703 g/mol. The van der Waals surface area contributed by atoms with Crippen LogP contribution in [0.15, 0.2) is 146 Å². The van der Waals surface area contributed by atoms with Crippen molar-refractivity contribution >= 4 is 33.5 Å². The van der Waals surface area contributed by atoms with Crippen molar-refractivity contribution in [3.05, 3.63) is 168 Å². The van der Waals surface area contributed by atoms with Gasteiger partial charge in [0.05, 0.1) is 5.41 Å². The molecule has 266 valence electrons. The van der Waals surface area contributed by atoms with E-state index in [-0.39, 0.29) is 13.2 Å². The van der Waals surface area contributed by atoms with Crippen LogP contribution in [0.1, 0.15) is 49.9 Å².